The number of rotatable bonds is 4. The van der Waals surface area contributed by atoms with Gasteiger partial charge < -0.3 is 10.2 Å². The molecule has 120 valence electrons. The summed E-state index contributed by atoms with van der Waals surface area (Å²) >= 11 is 7.59. The van der Waals surface area contributed by atoms with Gasteiger partial charge in [-0.3, -0.25) is 9.78 Å². The summed E-state index contributed by atoms with van der Waals surface area (Å²) in [6, 6.07) is 15.1. The van der Waals surface area contributed by atoms with E-state index >= 15 is 0 Å². The van der Waals surface area contributed by atoms with Gasteiger partial charge in [0.15, 0.2) is 0 Å². The number of fused-ring (bicyclic) bond motifs is 1. The molecule has 1 N–H and O–H groups in total. The summed E-state index contributed by atoms with van der Waals surface area (Å²) < 4.78 is 0. The third-order valence-corrected chi connectivity index (χ3v) is 5.07. The zero-order valence-electron chi connectivity index (χ0n) is 12.6. The second kappa shape index (κ2) is 6.26. The van der Waals surface area contributed by atoms with E-state index in [1.807, 2.05) is 52.7 Å². The standard InChI is InChI=1S/C18H14ClN3OS/c19-12-5-7-13(8-6-12)21-17-16-15(4-1-9-20-16)18(23)22(17)11-14-3-2-10-24-14/h1-10,17,21H,11H2. The molecule has 2 aromatic heterocycles. The number of pyridine rings is 1. The van der Waals surface area contributed by atoms with E-state index in [9.17, 15) is 4.79 Å². The molecule has 1 aliphatic rings. The fourth-order valence-electron chi connectivity index (χ4n) is 2.82. The number of benzene rings is 1. The lowest BCUT2D eigenvalue weighted by atomic mass is 10.2. The van der Waals surface area contributed by atoms with Crippen LogP contribution in [0.15, 0.2) is 60.1 Å². The van der Waals surface area contributed by atoms with Gasteiger partial charge in [-0.15, -0.1) is 11.3 Å². The van der Waals surface area contributed by atoms with Crippen LogP contribution >= 0.6 is 22.9 Å². The fourth-order valence-corrected chi connectivity index (χ4v) is 3.65. The first kappa shape index (κ1) is 15.2. The van der Waals surface area contributed by atoms with Crippen LogP contribution < -0.4 is 5.32 Å². The molecule has 0 spiro atoms. The highest BCUT2D eigenvalue weighted by molar-refractivity contribution is 7.09. The number of carbonyl (C=O) groups is 1. The van der Waals surface area contributed by atoms with Gasteiger partial charge in [-0.2, -0.15) is 0 Å². The largest absolute Gasteiger partial charge is 0.360 e. The number of anilines is 1. The van der Waals surface area contributed by atoms with Gasteiger partial charge in [0.1, 0.15) is 6.17 Å². The smallest absolute Gasteiger partial charge is 0.258 e. The molecule has 3 heterocycles. The predicted molar refractivity (Wildman–Crippen MR) is 96.2 cm³/mol. The average molecular weight is 356 g/mol. The molecule has 0 radical (unpaired) electrons. The van der Waals surface area contributed by atoms with Gasteiger partial charge in [0, 0.05) is 21.8 Å². The van der Waals surface area contributed by atoms with Gasteiger partial charge in [-0.05, 0) is 47.8 Å². The number of hydrogen-bond donors (Lipinski definition) is 1. The SMILES string of the molecule is O=C1c2cccnc2C(Nc2ccc(Cl)cc2)N1Cc1cccs1. The van der Waals surface area contributed by atoms with Gasteiger partial charge in [0.05, 0.1) is 17.8 Å². The molecule has 4 rings (SSSR count). The quantitative estimate of drug-likeness (QED) is 0.746. The minimum absolute atomic E-state index is 0.00189. The van der Waals surface area contributed by atoms with Gasteiger partial charge in [-0.1, -0.05) is 17.7 Å². The molecule has 4 nitrogen and oxygen atoms in total. The van der Waals surface area contributed by atoms with Crippen molar-refractivity contribution in [1.82, 2.24) is 9.88 Å². The van der Waals surface area contributed by atoms with Gasteiger partial charge in [0.2, 0.25) is 0 Å². The third-order valence-electron chi connectivity index (χ3n) is 3.95. The van der Waals surface area contributed by atoms with Gasteiger partial charge >= 0.3 is 0 Å². The Bertz CT molecular complexity index is 864. The number of aromatic nitrogens is 1. The monoisotopic (exact) mass is 355 g/mol. The highest BCUT2D eigenvalue weighted by Gasteiger charge is 2.37. The maximum atomic E-state index is 12.8. The van der Waals surface area contributed by atoms with Crippen molar-refractivity contribution in [3.8, 4) is 0 Å². The first-order valence-electron chi connectivity index (χ1n) is 7.53. The van der Waals surface area contributed by atoms with E-state index in [0.717, 1.165) is 16.3 Å². The predicted octanol–water partition coefficient (Wildman–Crippen LogP) is 4.56. The number of halogens is 1. The molecule has 3 aromatic rings. The molecule has 1 amide bonds. The van der Waals surface area contributed by atoms with Crippen LogP contribution in [0, 0.1) is 0 Å². The normalized spacial score (nSPS) is 16.3. The molecule has 1 unspecified atom stereocenters. The summed E-state index contributed by atoms with van der Waals surface area (Å²) in [5.41, 5.74) is 2.31. The van der Waals surface area contributed by atoms with E-state index in [4.69, 9.17) is 11.6 Å². The number of hydrogen-bond acceptors (Lipinski definition) is 4. The lowest BCUT2D eigenvalue weighted by Crippen LogP contribution is -2.31. The molecule has 0 fully saturated rings. The zero-order valence-corrected chi connectivity index (χ0v) is 14.2. The molecule has 0 saturated carbocycles. The van der Waals surface area contributed by atoms with Gasteiger partial charge in [0.25, 0.3) is 5.91 Å². The van der Waals surface area contributed by atoms with Crippen LogP contribution in [0.3, 0.4) is 0 Å². The molecule has 0 aliphatic carbocycles. The van der Waals surface area contributed by atoms with E-state index in [2.05, 4.69) is 10.3 Å². The third kappa shape index (κ3) is 2.77. The lowest BCUT2D eigenvalue weighted by molar-refractivity contribution is 0.0729. The summed E-state index contributed by atoms with van der Waals surface area (Å²) in [6.45, 7) is 0.554. The van der Waals surface area contributed by atoms with Crippen molar-refractivity contribution in [3.05, 3.63) is 81.3 Å². The van der Waals surface area contributed by atoms with Gasteiger partial charge in [-0.25, -0.2) is 0 Å². The zero-order chi connectivity index (χ0) is 16.5. The van der Waals surface area contributed by atoms with E-state index in [1.165, 1.54) is 0 Å². The van der Waals surface area contributed by atoms with Crippen molar-refractivity contribution in [1.29, 1.82) is 0 Å². The van der Waals surface area contributed by atoms with E-state index in [0.29, 0.717) is 17.1 Å². The number of nitrogens with zero attached hydrogens (tertiary/aromatic N) is 2. The van der Waals surface area contributed by atoms with Crippen LogP contribution in [0.2, 0.25) is 5.02 Å². The molecular formula is C18H14ClN3OS. The summed E-state index contributed by atoms with van der Waals surface area (Å²) in [5, 5.41) is 6.10. The number of thiophene rings is 1. The first-order chi connectivity index (χ1) is 11.7. The molecule has 1 atom stereocenters. The van der Waals surface area contributed by atoms with Crippen molar-refractivity contribution in [3.63, 3.8) is 0 Å². The number of nitrogens with one attached hydrogen (secondary N) is 1. The average Bonchev–Trinajstić information content (AvgIpc) is 3.20. The maximum Gasteiger partial charge on any atom is 0.258 e. The van der Waals surface area contributed by atoms with Crippen LogP contribution in [-0.4, -0.2) is 15.8 Å². The second-order valence-corrected chi connectivity index (χ2v) is 6.97. The second-order valence-electron chi connectivity index (χ2n) is 5.50. The van der Waals surface area contributed by atoms with Crippen molar-refractivity contribution in [2.24, 2.45) is 0 Å². The van der Waals surface area contributed by atoms with Crippen LogP contribution in [-0.2, 0) is 6.54 Å². The van der Waals surface area contributed by atoms with E-state index in [1.54, 1.807) is 23.6 Å². The molecule has 24 heavy (non-hydrogen) atoms. The molecule has 6 heteroatoms. The summed E-state index contributed by atoms with van der Waals surface area (Å²) in [4.78, 5) is 20.2. The van der Waals surface area contributed by atoms with Crippen molar-refractivity contribution in [2.75, 3.05) is 5.32 Å². The van der Waals surface area contributed by atoms with Crippen LogP contribution in [0.25, 0.3) is 0 Å². The minimum Gasteiger partial charge on any atom is -0.360 e. The van der Waals surface area contributed by atoms with Crippen molar-refractivity contribution >= 4 is 34.5 Å². The Morgan fingerprint density at radius 1 is 1.17 bits per heavy atom. The molecule has 1 aliphatic heterocycles. The number of carbonyl (C=O) groups excluding carboxylic acids is 1. The fraction of sp³-hybridized carbons (Fsp3) is 0.111. The molecule has 0 saturated heterocycles. The summed E-state index contributed by atoms with van der Waals surface area (Å²) in [7, 11) is 0. The Hall–Kier alpha value is -2.37. The van der Waals surface area contributed by atoms with E-state index < -0.39 is 0 Å². The number of amides is 1. The topological polar surface area (TPSA) is 45.2 Å². The first-order valence-corrected chi connectivity index (χ1v) is 8.78. The van der Waals surface area contributed by atoms with Crippen molar-refractivity contribution in [2.45, 2.75) is 12.7 Å². The van der Waals surface area contributed by atoms with Crippen LogP contribution in [0.1, 0.15) is 27.1 Å². The Morgan fingerprint density at radius 2 is 2.00 bits per heavy atom. The molecule has 1 aromatic carbocycles. The van der Waals surface area contributed by atoms with Crippen LogP contribution in [0.4, 0.5) is 5.69 Å². The Labute approximate surface area is 148 Å². The highest BCUT2D eigenvalue weighted by atomic mass is 35.5. The minimum atomic E-state index is -0.294. The van der Waals surface area contributed by atoms with E-state index in [-0.39, 0.29) is 12.1 Å². The van der Waals surface area contributed by atoms with Crippen molar-refractivity contribution < 1.29 is 4.79 Å². The Balaban J connectivity index is 1.68. The Morgan fingerprint density at radius 3 is 2.75 bits per heavy atom. The maximum absolute atomic E-state index is 12.8. The molecule has 0 bridgehead atoms. The Kier molecular flexibility index (Phi) is 3.96. The lowest BCUT2D eigenvalue weighted by Gasteiger charge is -2.26. The highest BCUT2D eigenvalue weighted by Crippen LogP contribution is 2.34. The summed E-state index contributed by atoms with van der Waals surface area (Å²) in [6.07, 6.45) is 1.43. The molecular weight excluding hydrogens is 342 g/mol. The van der Waals surface area contributed by atoms with Crippen LogP contribution in [0.5, 0.6) is 0 Å². The summed E-state index contributed by atoms with van der Waals surface area (Å²) in [5.74, 6) is -0.00189.